The second kappa shape index (κ2) is 5.89. The molecule has 2 unspecified atom stereocenters. The van der Waals surface area contributed by atoms with E-state index in [4.69, 9.17) is 5.73 Å². The number of likely N-dealkylation sites (tertiary alicyclic amines) is 1. The average molecular weight is 264 g/mol. The van der Waals surface area contributed by atoms with Crippen molar-refractivity contribution in [3.8, 4) is 6.07 Å². The normalized spacial score (nSPS) is 30.8. The Morgan fingerprint density at radius 1 is 1.42 bits per heavy atom. The van der Waals surface area contributed by atoms with E-state index in [9.17, 15) is 10.1 Å². The number of nitrogens with two attached hydrogens (primary N) is 1. The number of nitriles is 1. The topological polar surface area (TPSA) is 82.2 Å². The van der Waals surface area contributed by atoms with Crippen LogP contribution in [0.3, 0.4) is 0 Å². The third kappa shape index (κ3) is 3.46. The second-order valence-electron chi connectivity index (χ2n) is 6.14. The Balaban J connectivity index is 1.85. The smallest absolute Gasteiger partial charge is 0.235 e. The zero-order chi connectivity index (χ0) is 13.9. The van der Waals surface area contributed by atoms with Crippen LogP contribution in [0.15, 0.2) is 0 Å². The van der Waals surface area contributed by atoms with Crippen molar-refractivity contribution < 1.29 is 4.79 Å². The Bertz CT molecular complexity index is 360. The Hall–Kier alpha value is -1.12. The first kappa shape index (κ1) is 14.3. The summed E-state index contributed by atoms with van der Waals surface area (Å²) in [5.74, 6) is 0.400. The van der Waals surface area contributed by atoms with Crippen LogP contribution in [0.5, 0.6) is 0 Å². The van der Waals surface area contributed by atoms with Gasteiger partial charge in [-0.05, 0) is 18.8 Å². The van der Waals surface area contributed by atoms with Gasteiger partial charge >= 0.3 is 0 Å². The molecule has 2 fully saturated rings. The van der Waals surface area contributed by atoms with Crippen LogP contribution in [0.4, 0.5) is 0 Å². The first-order chi connectivity index (χ1) is 9.04. The number of carbonyl (C=O) groups is 1. The SMILES string of the molecule is CC1CN(CC(=O)NC2(C#N)CCCCC2)CC1N. The summed E-state index contributed by atoms with van der Waals surface area (Å²) >= 11 is 0. The highest BCUT2D eigenvalue weighted by molar-refractivity contribution is 5.79. The molecule has 1 saturated heterocycles. The van der Waals surface area contributed by atoms with Crippen molar-refractivity contribution in [1.82, 2.24) is 10.2 Å². The predicted octanol–water partition coefficient (Wildman–Crippen LogP) is 0.608. The third-order valence-corrected chi connectivity index (χ3v) is 4.41. The number of carbonyl (C=O) groups excluding carboxylic acids is 1. The summed E-state index contributed by atoms with van der Waals surface area (Å²) in [6.45, 7) is 4.12. The van der Waals surface area contributed by atoms with Crippen LogP contribution in [-0.2, 0) is 4.79 Å². The first-order valence-electron chi connectivity index (χ1n) is 7.25. The van der Waals surface area contributed by atoms with Gasteiger partial charge < -0.3 is 11.1 Å². The molecule has 19 heavy (non-hydrogen) atoms. The summed E-state index contributed by atoms with van der Waals surface area (Å²) in [7, 11) is 0. The molecule has 0 aromatic carbocycles. The fourth-order valence-electron chi connectivity index (χ4n) is 3.15. The highest BCUT2D eigenvalue weighted by atomic mass is 16.2. The molecule has 0 bridgehead atoms. The van der Waals surface area contributed by atoms with Gasteiger partial charge in [0.15, 0.2) is 0 Å². The third-order valence-electron chi connectivity index (χ3n) is 4.41. The molecule has 1 aliphatic heterocycles. The lowest BCUT2D eigenvalue weighted by Gasteiger charge is -2.32. The summed E-state index contributed by atoms with van der Waals surface area (Å²) in [5, 5.41) is 12.3. The van der Waals surface area contributed by atoms with Crippen LogP contribution in [0, 0.1) is 17.2 Å². The maximum Gasteiger partial charge on any atom is 0.235 e. The summed E-state index contributed by atoms with van der Waals surface area (Å²) < 4.78 is 0. The largest absolute Gasteiger partial charge is 0.337 e. The van der Waals surface area contributed by atoms with Gasteiger partial charge in [-0.25, -0.2) is 0 Å². The minimum Gasteiger partial charge on any atom is -0.337 e. The fraction of sp³-hybridized carbons (Fsp3) is 0.857. The summed E-state index contributed by atoms with van der Waals surface area (Å²) in [6.07, 6.45) is 4.78. The van der Waals surface area contributed by atoms with E-state index in [2.05, 4.69) is 23.2 Å². The van der Waals surface area contributed by atoms with Crippen molar-refractivity contribution in [2.24, 2.45) is 11.7 Å². The van der Waals surface area contributed by atoms with Crippen molar-refractivity contribution >= 4 is 5.91 Å². The molecule has 2 rings (SSSR count). The van der Waals surface area contributed by atoms with Crippen LogP contribution < -0.4 is 11.1 Å². The van der Waals surface area contributed by atoms with Crippen LogP contribution in [0.1, 0.15) is 39.0 Å². The second-order valence-corrected chi connectivity index (χ2v) is 6.14. The van der Waals surface area contributed by atoms with Gasteiger partial charge in [0.2, 0.25) is 5.91 Å². The average Bonchev–Trinajstić information content (AvgIpc) is 2.69. The van der Waals surface area contributed by atoms with Gasteiger partial charge in [0.25, 0.3) is 0 Å². The van der Waals surface area contributed by atoms with Crippen LogP contribution in [0.2, 0.25) is 0 Å². The quantitative estimate of drug-likeness (QED) is 0.782. The monoisotopic (exact) mass is 264 g/mol. The van der Waals surface area contributed by atoms with Crippen molar-refractivity contribution in [2.45, 2.75) is 50.6 Å². The number of rotatable bonds is 3. The van der Waals surface area contributed by atoms with Gasteiger partial charge in [-0.3, -0.25) is 9.69 Å². The van der Waals surface area contributed by atoms with Crippen molar-refractivity contribution in [2.75, 3.05) is 19.6 Å². The van der Waals surface area contributed by atoms with Gasteiger partial charge in [0, 0.05) is 19.1 Å². The Morgan fingerprint density at radius 3 is 2.63 bits per heavy atom. The molecule has 2 aliphatic rings. The number of nitrogens with zero attached hydrogens (tertiary/aromatic N) is 2. The van der Waals surface area contributed by atoms with E-state index < -0.39 is 5.54 Å². The maximum absolute atomic E-state index is 12.1. The molecule has 1 amide bonds. The molecule has 0 aromatic rings. The molecule has 0 aromatic heterocycles. The molecule has 0 radical (unpaired) electrons. The zero-order valence-corrected chi connectivity index (χ0v) is 11.7. The molecule has 0 spiro atoms. The van der Waals surface area contributed by atoms with Gasteiger partial charge in [0.05, 0.1) is 12.6 Å². The highest BCUT2D eigenvalue weighted by Crippen LogP contribution is 2.27. The molecule has 106 valence electrons. The molecular formula is C14H24N4O. The zero-order valence-electron chi connectivity index (χ0n) is 11.7. The van der Waals surface area contributed by atoms with Crippen molar-refractivity contribution in [3.63, 3.8) is 0 Å². The lowest BCUT2D eigenvalue weighted by Crippen LogP contribution is -2.51. The Morgan fingerprint density at radius 2 is 2.11 bits per heavy atom. The molecule has 3 N–H and O–H groups in total. The number of hydrogen-bond donors (Lipinski definition) is 2. The standard InChI is InChI=1S/C14H24N4O/c1-11-7-18(8-12(11)16)9-13(19)17-14(10-15)5-3-2-4-6-14/h11-12H,2-9,16H2,1H3,(H,17,19). The van der Waals surface area contributed by atoms with E-state index >= 15 is 0 Å². The van der Waals surface area contributed by atoms with Gasteiger partial charge in [0.1, 0.15) is 5.54 Å². The van der Waals surface area contributed by atoms with Gasteiger partial charge in [-0.15, -0.1) is 0 Å². The van der Waals surface area contributed by atoms with Crippen molar-refractivity contribution in [1.29, 1.82) is 5.26 Å². The molecular weight excluding hydrogens is 240 g/mol. The predicted molar refractivity (Wildman–Crippen MR) is 73.2 cm³/mol. The van der Waals surface area contributed by atoms with Crippen LogP contribution >= 0.6 is 0 Å². The molecule has 5 nitrogen and oxygen atoms in total. The van der Waals surface area contributed by atoms with E-state index in [0.29, 0.717) is 12.5 Å². The van der Waals surface area contributed by atoms with Gasteiger partial charge in [-0.1, -0.05) is 26.2 Å². The fourth-order valence-corrected chi connectivity index (χ4v) is 3.15. The molecule has 2 atom stereocenters. The van der Waals surface area contributed by atoms with E-state index in [1.807, 2.05) is 0 Å². The lowest BCUT2D eigenvalue weighted by molar-refractivity contribution is -0.123. The Labute approximate surface area is 115 Å². The number of amides is 1. The maximum atomic E-state index is 12.1. The van der Waals surface area contributed by atoms with E-state index in [1.54, 1.807) is 0 Å². The lowest BCUT2D eigenvalue weighted by atomic mass is 9.83. The van der Waals surface area contributed by atoms with Gasteiger partial charge in [-0.2, -0.15) is 5.26 Å². The number of hydrogen-bond acceptors (Lipinski definition) is 4. The molecule has 1 aliphatic carbocycles. The summed E-state index contributed by atoms with van der Waals surface area (Å²) in [6, 6.07) is 2.48. The number of nitrogens with one attached hydrogen (secondary N) is 1. The molecule has 1 saturated carbocycles. The van der Waals surface area contributed by atoms with E-state index in [0.717, 1.165) is 45.2 Å². The van der Waals surface area contributed by atoms with Crippen LogP contribution in [-0.4, -0.2) is 42.0 Å². The molecule has 5 heteroatoms. The summed E-state index contributed by atoms with van der Waals surface area (Å²) in [5.41, 5.74) is 5.33. The minimum absolute atomic E-state index is 0.0373. The first-order valence-corrected chi connectivity index (χ1v) is 7.25. The highest BCUT2D eigenvalue weighted by Gasteiger charge is 2.35. The summed E-state index contributed by atoms with van der Waals surface area (Å²) in [4.78, 5) is 14.2. The molecule has 1 heterocycles. The Kier molecular flexibility index (Phi) is 4.43. The van der Waals surface area contributed by atoms with Crippen LogP contribution in [0.25, 0.3) is 0 Å². The van der Waals surface area contributed by atoms with E-state index in [1.165, 1.54) is 0 Å². The minimum atomic E-state index is -0.622. The van der Waals surface area contributed by atoms with Crippen molar-refractivity contribution in [3.05, 3.63) is 0 Å². The van der Waals surface area contributed by atoms with E-state index in [-0.39, 0.29) is 11.9 Å².